The fourth-order valence-electron chi connectivity index (χ4n) is 2.31. The zero-order valence-electron chi connectivity index (χ0n) is 13.7. The summed E-state index contributed by atoms with van der Waals surface area (Å²) in [6.45, 7) is 0. The molecule has 0 spiro atoms. The van der Waals surface area contributed by atoms with Crippen molar-refractivity contribution in [2.24, 2.45) is 5.10 Å². The van der Waals surface area contributed by atoms with Crippen LogP contribution in [0.25, 0.3) is 11.4 Å². The molecule has 9 nitrogen and oxygen atoms in total. The van der Waals surface area contributed by atoms with Crippen LogP contribution in [0.1, 0.15) is 5.56 Å². The molecule has 0 bridgehead atoms. The molecule has 0 unspecified atom stereocenters. The molecule has 0 aliphatic rings. The fraction of sp³-hybridized carbons (Fsp3) is 0.0625. The molecule has 3 rings (SSSR count). The van der Waals surface area contributed by atoms with E-state index in [4.69, 9.17) is 28.6 Å². The van der Waals surface area contributed by atoms with E-state index >= 15 is 0 Å². The Bertz CT molecular complexity index is 1110. The molecule has 27 heavy (non-hydrogen) atoms. The fourth-order valence-corrected chi connectivity index (χ4v) is 2.68. The first-order chi connectivity index (χ1) is 12.9. The van der Waals surface area contributed by atoms with E-state index in [1.54, 1.807) is 24.3 Å². The lowest BCUT2D eigenvalue weighted by atomic mass is 10.2. The molecule has 0 saturated carbocycles. The third kappa shape index (κ3) is 3.81. The highest BCUT2D eigenvalue weighted by atomic mass is 35.5. The van der Waals surface area contributed by atoms with Crippen LogP contribution in [0.5, 0.6) is 11.5 Å². The van der Waals surface area contributed by atoms with Crippen molar-refractivity contribution in [3.63, 3.8) is 0 Å². The number of methoxy groups -OCH3 is 1. The number of H-pyrrole nitrogens is 1. The van der Waals surface area contributed by atoms with Crippen LogP contribution in [0.4, 0.5) is 5.69 Å². The lowest BCUT2D eigenvalue weighted by Crippen LogP contribution is -2.02. The van der Waals surface area contributed by atoms with Gasteiger partial charge < -0.3 is 9.84 Å². The van der Waals surface area contributed by atoms with Crippen LogP contribution in [0.2, 0.25) is 5.02 Å². The SMILES string of the molecule is COc1cc(/C=N\n2c(-c3cccc(Cl)c3)n[nH]c2=S)cc([N+](=O)[O-])c1[O-]. The summed E-state index contributed by atoms with van der Waals surface area (Å²) in [6, 6.07) is 9.40. The number of nitro benzene ring substituents is 1. The second-order valence-corrected chi connectivity index (χ2v) is 6.07. The number of ether oxygens (including phenoxy) is 1. The Balaban J connectivity index is 2.05. The topological polar surface area (TPSA) is 121 Å². The Morgan fingerprint density at radius 2 is 2.19 bits per heavy atom. The Kier molecular flexibility index (Phi) is 5.19. The summed E-state index contributed by atoms with van der Waals surface area (Å²) >= 11 is 11.2. The van der Waals surface area contributed by atoms with Gasteiger partial charge in [0.2, 0.25) is 4.77 Å². The van der Waals surface area contributed by atoms with Crippen LogP contribution >= 0.6 is 23.8 Å². The van der Waals surface area contributed by atoms with Gasteiger partial charge in [0, 0.05) is 28.0 Å². The lowest BCUT2D eigenvalue weighted by Gasteiger charge is -2.13. The van der Waals surface area contributed by atoms with E-state index in [1.165, 1.54) is 24.1 Å². The summed E-state index contributed by atoms with van der Waals surface area (Å²) in [5.41, 5.74) is 0.352. The third-order valence-corrected chi connectivity index (χ3v) is 4.03. The van der Waals surface area contributed by atoms with Crippen molar-refractivity contribution in [3.05, 3.63) is 61.9 Å². The summed E-state index contributed by atoms with van der Waals surface area (Å²) in [6.07, 6.45) is 1.31. The zero-order valence-corrected chi connectivity index (χ0v) is 15.3. The van der Waals surface area contributed by atoms with E-state index in [0.29, 0.717) is 22.0 Å². The minimum Gasteiger partial charge on any atom is -0.865 e. The highest BCUT2D eigenvalue weighted by Gasteiger charge is 2.13. The van der Waals surface area contributed by atoms with E-state index in [-0.39, 0.29) is 10.5 Å². The number of halogens is 1. The first kappa shape index (κ1) is 18.5. The van der Waals surface area contributed by atoms with Crippen LogP contribution in [-0.2, 0) is 0 Å². The van der Waals surface area contributed by atoms with Gasteiger partial charge in [0.25, 0.3) is 5.69 Å². The van der Waals surface area contributed by atoms with Gasteiger partial charge in [0.15, 0.2) is 5.82 Å². The van der Waals surface area contributed by atoms with E-state index in [9.17, 15) is 15.2 Å². The maximum atomic E-state index is 11.9. The minimum absolute atomic E-state index is 0.156. The quantitative estimate of drug-likeness (QED) is 0.302. The number of nitrogens with one attached hydrogen (secondary N) is 1. The molecular formula is C16H11ClN5O4S-. The molecule has 0 aliphatic heterocycles. The van der Waals surface area contributed by atoms with Crippen molar-refractivity contribution in [2.75, 3.05) is 7.11 Å². The van der Waals surface area contributed by atoms with Crippen LogP contribution in [-0.4, -0.2) is 33.1 Å². The number of benzene rings is 2. The van der Waals surface area contributed by atoms with Crippen molar-refractivity contribution in [1.82, 2.24) is 14.9 Å². The maximum absolute atomic E-state index is 11.9. The second-order valence-electron chi connectivity index (χ2n) is 5.25. The summed E-state index contributed by atoms with van der Waals surface area (Å²) < 4.78 is 6.45. The van der Waals surface area contributed by atoms with Gasteiger partial charge in [-0.05, 0) is 30.4 Å². The highest BCUT2D eigenvalue weighted by Crippen LogP contribution is 2.34. The minimum atomic E-state index is -0.806. The molecule has 138 valence electrons. The van der Waals surface area contributed by atoms with Crippen molar-refractivity contribution in [1.29, 1.82) is 0 Å². The normalized spacial score (nSPS) is 11.0. The molecule has 0 saturated heterocycles. The average Bonchev–Trinajstić information content (AvgIpc) is 3.01. The van der Waals surface area contributed by atoms with Gasteiger partial charge in [0.1, 0.15) is 5.75 Å². The van der Waals surface area contributed by atoms with Crippen molar-refractivity contribution >= 4 is 35.7 Å². The van der Waals surface area contributed by atoms with Gasteiger partial charge in [-0.2, -0.15) is 14.9 Å². The Hall–Kier alpha value is -3.24. The van der Waals surface area contributed by atoms with Gasteiger partial charge in [0.05, 0.1) is 18.2 Å². The molecule has 0 radical (unpaired) electrons. The van der Waals surface area contributed by atoms with E-state index < -0.39 is 16.4 Å². The third-order valence-electron chi connectivity index (χ3n) is 3.53. The molecule has 2 aromatic carbocycles. The predicted molar refractivity (Wildman–Crippen MR) is 99.9 cm³/mol. The lowest BCUT2D eigenvalue weighted by molar-refractivity contribution is -0.398. The van der Waals surface area contributed by atoms with Crippen LogP contribution in [0.15, 0.2) is 41.5 Å². The summed E-state index contributed by atoms with van der Waals surface area (Å²) in [5.74, 6) is -0.559. The summed E-state index contributed by atoms with van der Waals surface area (Å²) in [4.78, 5) is 10.3. The molecule has 0 amide bonds. The monoisotopic (exact) mass is 404 g/mol. The summed E-state index contributed by atoms with van der Waals surface area (Å²) in [7, 11) is 1.25. The number of nitro groups is 1. The van der Waals surface area contributed by atoms with Gasteiger partial charge in [-0.25, -0.2) is 5.10 Å². The van der Waals surface area contributed by atoms with Crippen LogP contribution < -0.4 is 9.84 Å². The number of rotatable bonds is 5. The first-order valence-electron chi connectivity index (χ1n) is 7.42. The van der Waals surface area contributed by atoms with Crippen molar-refractivity contribution < 1.29 is 14.8 Å². The van der Waals surface area contributed by atoms with Gasteiger partial charge in [-0.1, -0.05) is 23.7 Å². The van der Waals surface area contributed by atoms with E-state index in [1.807, 2.05) is 0 Å². The molecule has 0 fully saturated rings. The molecule has 1 heterocycles. The van der Waals surface area contributed by atoms with E-state index in [0.717, 1.165) is 6.07 Å². The second kappa shape index (κ2) is 7.56. The number of hydrogen-bond donors (Lipinski definition) is 1. The summed E-state index contributed by atoms with van der Waals surface area (Å²) in [5, 5.41) is 34.4. The number of aromatic nitrogens is 3. The van der Waals surface area contributed by atoms with Crippen molar-refractivity contribution in [2.45, 2.75) is 0 Å². The number of hydrogen-bond acceptors (Lipinski definition) is 7. The number of aromatic amines is 1. The van der Waals surface area contributed by atoms with Gasteiger partial charge >= 0.3 is 0 Å². The molecular weight excluding hydrogens is 394 g/mol. The highest BCUT2D eigenvalue weighted by molar-refractivity contribution is 7.71. The Morgan fingerprint density at radius 3 is 2.85 bits per heavy atom. The molecule has 1 aromatic heterocycles. The Morgan fingerprint density at radius 1 is 1.41 bits per heavy atom. The average molecular weight is 405 g/mol. The smallest absolute Gasteiger partial charge is 0.266 e. The molecule has 3 aromatic rings. The van der Waals surface area contributed by atoms with Crippen molar-refractivity contribution in [3.8, 4) is 22.9 Å². The largest absolute Gasteiger partial charge is 0.865 e. The number of nitrogens with zero attached hydrogens (tertiary/aromatic N) is 4. The molecule has 0 aliphatic carbocycles. The maximum Gasteiger partial charge on any atom is 0.266 e. The van der Waals surface area contributed by atoms with Crippen LogP contribution in [0.3, 0.4) is 0 Å². The zero-order chi connectivity index (χ0) is 19.6. The first-order valence-corrected chi connectivity index (χ1v) is 8.20. The molecule has 0 atom stereocenters. The molecule has 11 heteroatoms. The Labute approximate surface area is 162 Å². The predicted octanol–water partition coefficient (Wildman–Crippen LogP) is 3.13. The van der Waals surface area contributed by atoms with E-state index in [2.05, 4.69) is 15.3 Å². The van der Waals surface area contributed by atoms with Crippen LogP contribution in [0, 0.1) is 14.9 Å². The standard InChI is InChI=1S/C16H12ClN5O4S/c1-26-13-6-9(5-12(14(13)23)22(24)25)8-18-21-15(19-20-16(21)27)10-3-2-4-11(17)7-10/h2-8,23H,1H3,(H,20,27)/p-1/b18-8-. The van der Waals surface area contributed by atoms with Gasteiger partial charge in [-0.15, -0.1) is 0 Å². The van der Waals surface area contributed by atoms with Gasteiger partial charge in [-0.3, -0.25) is 10.1 Å². The molecule has 1 N–H and O–H groups in total.